The average molecular weight is 904 g/mol. The van der Waals surface area contributed by atoms with Crippen molar-refractivity contribution in [2.24, 2.45) is 5.92 Å². The lowest BCUT2D eigenvalue weighted by Gasteiger charge is -2.48. The molecule has 5 atom stereocenters. The second kappa shape index (κ2) is 17.4. The van der Waals surface area contributed by atoms with Crippen LogP contribution in [-0.2, 0) is 46.5 Å². The van der Waals surface area contributed by atoms with E-state index in [-0.39, 0.29) is 50.1 Å². The lowest BCUT2D eigenvalue weighted by atomic mass is 9.65. The maximum atomic E-state index is 15.0. The Kier molecular flexibility index (Phi) is 12.6. The molecule has 1 saturated heterocycles. The molecule has 3 aliphatic heterocycles. The molecule has 0 bridgehead atoms. The minimum absolute atomic E-state index is 0.0828. The summed E-state index contributed by atoms with van der Waals surface area (Å²) in [5.41, 5.74) is -4.18. The number of amides is 3. The number of halogens is 3. The van der Waals surface area contributed by atoms with Gasteiger partial charge in [-0.2, -0.15) is 13.2 Å². The standard InChI is InChI=1S/C45H60F3N5O9S/c1-41(17-9-18-41)61-28-49-34-12-8-6-4-5-7-11-29-15-20-44(29,40(56)52-63(57,58)42(2)21-22-42)51-38(54)35-26-43(27-53(35)39(34)55)19-16-31-32-25-30(60-24-10-23-59-3)13-14-33(32)50-37(36(31)62-43)45(46,47)48/h7,11,13-14,25,29,34-35,49H,4-6,8-10,12,15-24,26-28H2,1-3H3,(H,51,54)(H,52,56). The van der Waals surface area contributed by atoms with Crippen molar-refractivity contribution in [1.29, 1.82) is 0 Å². The summed E-state index contributed by atoms with van der Waals surface area (Å²) < 4.78 is 96.5. The first-order valence-electron chi connectivity index (χ1n) is 22.5. The number of hydrogen-bond acceptors (Lipinski definition) is 11. The molecule has 4 fully saturated rings. The molecule has 1 spiro atoms. The number of alkyl halides is 3. The molecule has 8 rings (SSSR count). The number of benzene rings is 1. The first-order chi connectivity index (χ1) is 29.9. The molecule has 18 heteroatoms. The normalized spacial score (nSPS) is 29.2. The van der Waals surface area contributed by atoms with Crippen molar-refractivity contribution >= 4 is 38.6 Å². The molecule has 3 aliphatic carbocycles. The van der Waals surface area contributed by atoms with E-state index in [9.17, 15) is 36.0 Å². The van der Waals surface area contributed by atoms with Gasteiger partial charge in [0, 0.05) is 43.4 Å². The lowest BCUT2D eigenvalue weighted by molar-refractivity contribution is -0.146. The number of carbonyl (C=O) groups excluding carboxylic acids is 3. The third kappa shape index (κ3) is 9.15. The monoisotopic (exact) mass is 903 g/mol. The average Bonchev–Trinajstić information content (AvgIpc) is 3.89. The Bertz CT molecular complexity index is 2230. The van der Waals surface area contributed by atoms with Gasteiger partial charge in [-0.25, -0.2) is 13.4 Å². The van der Waals surface area contributed by atoms with E-state index in [0.717, 1.165) is 32.1 Å². The summed E-state index contributed by atoms with van der Waals surface area (Å²) in [5.74, 6) is -2.54. The molecule has 3 amide bonds. The Hall–Kier alpha value is -4.00. The Balaban J connectivity index is 1.14. The van der Waals surface area contributed by atoms with Gasteiger partial charge >= 0.3 is 6.18 Å². The number of nitrogens with one attached hydrogen (secondary N) is 3. The maximum absolute atomic E-state index is 15.0. The molecular formula is C45H60F3N5O9S. The van der Waals surface area contributed by atoms with Crippen LogP contribution in [-0.4, -0.2) is 103 Å². The molecule has 63 heavy (non-hydrogen) atoms. The van der Waals surface area contributed by atoms with Crippen LogP contribution in [0.4, 0.5) is 13.2 Å². The molecule has 0 radical (unpaired) electrons. The smallest absolute Gasteiger partial charge is 0.437 e. The zero-order valence-electron chi connectivity index (χ0n) is 36.4. The predicted octanol–water partition coefficient (Wildman–Crippen LogP) is 5.99. The van der Waals surface area contributed by atoms with Crippen LogP contribution < -0.4 is 24.8 Å². The summed E-state index contributed by atoms with van der Waals surface area (Å²) in [6, 6.07) is 2.65. The van der Waals surface area contributed by atoms with Crippen molar-refractivity contribution < 1.29 is 54.9 Å². The van der Waals surface area contributed by atoms with Gasteiger partial charge < -0.3 is 29.2 Å². The number of carbonyl (C=O) groups is 3. The summed E-state index contributed by atoms with van der Waals surface area (Å²) in [4.78, 5) is 49.5. The Morgan fingerprint density at radius 3 is 2.51 bits per heavy atom. The first-order valence-corrected chi connectivity index (χ1v) is 24.0. The minimum atomic E-state index is -4.90. The lowest BCUT2D eigenvalue weighted by Crippen LogP contribution is -2.70. The van der Waals surface area contributed by atoms with Crippen LogP contribution in [0.5, 0.6) is 11.5 Å². The Morgan fingerprint density at radius 2 is 1.83 bits per heavy atom. The number of fused-ring (bicyclic) bond motifs is 5. The molecule has 1 aromatic carbocycles. The topological polar surface area (TPSA) is 174 Å². The van der Waals surface area contributed by atoms with Crippen molar-refractivity contribution in [1.82, 2.24) is 25.2 Å². The number of rotatable bonds is 12. The Morgan fingerprint density at radius 1 is 1.03 bits per heavy atom. The van der Waals surface area contributed by atoms with Gasteiger partial charge in [-0.1, -0.05) is 25.0 Å². The van der Waals surface area contributed by atoms with Gasteiger partial charge in [0.25, 0.3) is 5.91 Å². The molecule has 4 heterocycles. The fraction of sp³-hybridized carbons (Fsp3) is 0.689. The van der Waals surface area contributed by atoms with Crippen LogP contribution in [0.1, 0.15) is 121 Å². The highest BCUT2D eigenvalue weighted by Gasteiger charge is 2.60. The van der Waals surface area contributed by atoms with Gasteiger partial charge in [-0.3, -0.25) is 24.4 Å². The number of methoxy groups -OCH3 is 1. The van der Waals surface area contributed by atoms with Crippen LogP contribution >= 0.6 is 0 Å². The van der Waals surface area contributed by atoms with E-state index in [1.807, 2.05) is 19.1 Å². The van der Waals surface area contributed by atoms with E-state index in [1.165, 1.54) is 11.0 Å². The van der Waals surface area contributed by atoms with E-state index in [2.05, 4.69) is 20.3 Å². The van der Waals surface area contributed by atoms with Crippen molar-refractivity contribution in [3.8, 4) is 11.5 Å². The molecule has 1 aromatic heterocycles. The van der Waals surface area contributed by atoms with Crippen molar-refractivity contribution in [3.63, 3.8) is 0 Å². The van der Waals surface area contributed by atoms with E-state index in [0.29, 0.717) is 74.9 Å². The highest BCUT2D eigenvalue weighted by molar-refractivity contribution is 7.91. The van der Waals surface area contributed by atoms with Gasteiger partial charge in [0.15, 0.2) is 11.4 Å². The van der Waals surface area contributed by atoms with Crippen molar-refractivity contribution in [3.05, 3.63) is 41.6 Å². The van der Waals surface area contributed by atoms with E-state index < -0.39 is 79.3 Å². The summed E-state index contributed by atoms with van der Waals surface area (Å²) in [5, 5.41) is 6.66. The van der Waals surface area contributed by atoms with E-state index in [1.54, 1.807) is 26.2 Å². The van der Waals surface area contributed by atoms with E-state index in [4.69, 9.17) is 18.9 Å². The number of sulfonamides is 1. The van der Waals surface area contributed by atoms with E-state index >= 15 is 0 Å². The summed E-state index contributed by atoms with van der Waals surface area (Å²) >= 11 is 0. The fourth-order valence-electron chi connectivity index (χ4n) is 9.75. The second-order valence-corrected chi connectivity index (χ2v) is 21.2. The summed E-state index contributed by atoms with van der Waals surface area (Å²) in [6.07, 6.45) is 7.25. The summed E-state index contributed by atoms with van der Waals surface area (Å²) in [6.45, 7) is 4.27. The Labute approximate surface area is 366 Å². The first kappa shape index (κ1) is 45.6. The fourth-order valence-corrected chi connectivity index (χ4v) is 11.1. The maximum Gasteiger partial charge on any atom is 0.437 e. The van der Waals surface area contributed by atoms with Gasteiger partial charge in [0.05, 0.1) is 41.8 Å². The third-order valence-electron chi connectivity index (χ3n) is 14.4. The van der Waals surface area contributed by atoms with Crippen molar-refractivity contribution in [2.45, 2.75) is 156 Å². The van der Waals surface area contributed by atoms with Gasteiger partial charge in [-0.05, 0) is 109 Å². The molecule has 6 aliphatic rings. The molecule has 5 unspecified atom stereocenters. The largest absolute Gasteiger partial charge is 0.493 e. The van der Waals surface area contributed by atoms with Gasteiger partial charge in [0.1, 0.15) is 22.9 Å². The molecule has 3 N–H and O–H groups in total. The third-order valence-corrected chi connectivity index (χ3v) is 16.6. The number of ether oxygens (including phenoxy) is 4. The molecule has 14 nitrogen and oxygen atoms in total. The van der Waals surface area contributed by atoms with Gasteiger partial charge in [-0.15, -0.1) is 0 Å². The number of allylic oxidation sites excluding steroid dienone is 1. The highest BCUT2D eigenvalue weighted by atomic mass is 32.2. The number of nitrogens with zero attached hydrogens (tertiary/aromatic N) is 2. The molecule has 346 valence electrons. The SMILES string of the molecule is COCCCOc1ccc2nc(C(F)(F)F)c3c(c2c1)CCC1(CC2C(=O)NC4(C(=O)NS(=O)(=O)C5(C)CC5)CCC4C=CCCCCCC(NCOC4(C)CCC4)C(=O)N2C1)O3. The van der Waals surface area contributed by atoms with Crippen LogP contribution in [0.15, 0.2) is 30.4 Å². The summed E-state index contributed by atoms with van der Waals surface area (Å²) in [7, 11) is -2.50. The second-order valence-electron chi connectivity index (χ2n) is 19.0. The zero-order chi connectivity index (χ0) is 44.8. The van der Waals surface area contributed by atoms with Crippen LogP contribution in [0.2, 0.25) is 0 Å². The molecule has 3 saturated carbocycles. The van der Waals surface area contributed by atoms with Crippen LogP contribution in [0.3, 0.4) is 0 Å². The number of hydrogen-bond donors (Lipinski definition) is 3. The van der Waals surface area contributed by atoms with Crippen LogP contribution in [0.25, 0.3) is 10.9 Å². The number of pyridine rings is 1. The predicted molar refractivity (Wildman–Crippen MR) is 226 cm³/mol. The zero-order valence-corrected chi connectivity index (χ0v) is 37.2. The van der Waals surface area contributed by atoms with Gasteiger partial charge in [0.2, 0.25) is 21.8 Å². The number of aryl methyl sites for hydroxylation is 1. The number of aromatic nitrogens is 1. The molecule has 2 aromatic rings. The van der Waals surface area contributed by atoms with Crippen LogP contribution in [0, 0.1) is 5.92 Å². The van der Waals surface area contributed by atoms with Crippen molar-refractivity contribution in [2.75, 3.05) is 33.6 Å². The molecular weight excluding hydrogens is 844 g/mol. The minimum Gasteiger partial charge on any atom is -0.493 e. The highest BCUT2D eigenvalue weighted by Crippen LogP contribution is 2.50. The quantitative estimate of drug-likeness (QED) is 0.130.